The van der Waals surface area contributed by atoms with Crippen LogP contribution in [0.15, 0.2) is 84.2 Å². The number of rotatable bonds is 10. The summed E-state index contributed by atoms with van der Waals surface area (Å²) in [7, 11) is 1.56. The van der Waals surface area contributed by atoms with Crippen LogP contribution < -0.4 is 20.3 Å². The van der Waals surface area contributed by atoms with E-state index in [0.29, 0.717) is 28.3 Å². The molecule has 0 aliphatic rings. The Balaban J connectivity index is 1.84. The molecular formula is C31H33N3O4S. The van der Waals surface area contributed by atoms with E-state index in [2.05, 4.69) is 10.6 Å². The van der Waals surface area contributed by atoms with E-state index in [1.807, 2.05) is 63.2 Å². The van der Waals surface area contributed by atoms with Gasteiger partial charge in [0.25, 0.3) is 5.91 Å². The summed E-state index contributed by atoms with van der Waals surface area (Å²) in [5.74, 6) is -0.531. The summed E-state index contributed by atoms with van der Waals surface area (Å²) in [5.41, 5.74) is 0.653. The van der Waals surface area contributed by atoms with Gasteiger partial charge in [0.15, 0.2) is 0 Å². The third-order valence-electron chi connectivity index (χ3n) is 6.70. The molecule has 1 atom stereocenters. The van der Waals surface area contributed by atoms with Gasteiger partial charge in [0.05, 0.1) is 24.2 Å². The number of carbonyl (C=O) groups is 3. The second-order valence-corrected chi connectivity index (χ2v) is 10.8. The lowest BCUT2D eigenvalue weighted by Crippen LogP contribution is -2.52. The summed E-state index contributed by atoms with van der Waals surface area (Å²) in [4.78, 5) is 42.8. The number of hydrogen-bond acceptors (Lipinski definition) is 5. The van der Waals surface area contributed by atoms with Gasteiger partial charge < -0.3 is 15.4 Å². The zero-order chi connectivity index (χ0) is 28.0. The van der Waals surface area contributed by atoms with Gasteiger partial charge in [-0.1, -0.05) is 61.5 Å². The standard InChI is InChI=1S/C31H33N3O4S/c1-5-31(2,3)33-30(37)28(22-13-8-14-23(19-22)38-4)34(25-16-9-12-21-11-6-7-15-24(21)25)27(35)20-32-29(36)26-17-10-18-39-26/h6-19,28H,5,20H2,1-4H3,(H,32,36)(H,33,37)/t28-/m1/s1. The number of benzene rings is 3. The van der Waals surface area contributed by atoms with E-state index >= 15 is 0 Å². The van der Waals surface area contributed by atoms with Gasteiger partial charge in [-0.25, -0.2) is 0 Å². The van der Waals surface area contributed by atoms with Crippen LogP contribution in [0.3, 0.4) is 0 Å². The first-order valence-corrected chi connectivity index (χ1v) is 13.7. The highest BCUT2D eigenvalue weighted by molar-refractivity contribution is 7.12. The van der Waals surface area contributed by atoms with Crippen LogP contribution in [0.25, 0.3) is 10.8 Å². The Bertz CT molecular complexity index is 1460. The number of anilines is 1. The number of nitrogens with zero attached hydrogens (tertiary/aromatic N) is 1. The van der Waals surface area contributed by atoms with Crippen molar-refractivity contribution in [2.24, 2.45) is 0 Å². The largest absolute Gasteiger partial charge is 0.497 e. The number of carbonyl (C=O) groups excluding carboxylic acids is 3. The van der Waals surface area contributed by atoms with E-state index in [4.69, 9.17) is 4.74 Å². The maximum Gasteiger partial charge on any atom is 0.261 e. The molecular weight excluding hydrogens is 510 g/mol. The number of thiophene rings is 1. The van der Waals surface area contributed by atoms with Crippen LogP contribution >= 0.6 is 11.3 Å². The maximum atomic E-state index is 14.1. The van der Waals surface area contributed by atoms with Gasteiger partial charge in [0, 0.05) is 10.9 Å². The number of amides is 3. The number of hydrogen-bond donors (Lipinski definition) is 2. The van der Waals surface area contributed by atoms with Crippen molar-refractivity contribution in [2.45, 2.75) is 38.8 Å². The van der Waals surface area contributed by atoms with Crippen LogP contribution in [-0.2, 0) is 9.59 Å². The number of ether oxygens (including phenoxy) is 1. The Labute approximate surface area is 232 Å². The second-order valence-electron chi connectivity index (χ2n) is 9.83. The zero-order valence-electron chi connectivity index (χ0n) is 22.6. The first kappa shape index (κ1) is 27.9. The summed E-state index contributed by atoms with van der Waals surface area (Å²) >= 11 is 1.30. The lowest BCUT2D eigenvalue weighted by Gasteiger charge is -2.35. The van der Waals surface area contributed by atoms with Crippen molar-refractivity contribution in [3.05, 3.63) is 94.7 Å². The van der Waals surface area contributed by atoms with E-state index in [0.717, 1.165) is 10.8 Å². The van der Waals surface area contributed by atoms with Gasteiger partial charge in [-0.15, -0.1) is 11.3 Å². The molecule has 0 unspecified atom stereocenters. The van der Waals surface area contributed by atoms with Gasteiger partial charge in [-0.3, -0.25) is 19.3 Å². The minimum Gasteiger partial charge on any atom is -0.497 e. The molecule has 0 saturated carbocycles. The molecule has 4 aromatic rings. The van der Waals surface area contributed by atoms with Crippen LogP contribution in [0.1, 0.15) is 48.5 Å². The molecule has 4 rings (SSSR count). The molecule has 0 aliphatic heterocycles. The second kappa shape index (κ2) is 12.1. The van der Waals surface area contributed by atoms with Crippen molar-refractivity contribution in [1.29, 1.82) is 0 Å². The smallest absolute Gasteiger partial charge is 0.261 e. The fourth-order valence-corrected chi connectivity index (χ4v) is 4.93. The van der Waals surface area contributed by atoms with E-state index in [-0.39, 0.29) is 18.4 Å². The van der Waals surface area contributed by atoms with Gasteiger partial charge in [-0.05, 0) is 60.9 Å². The highest BCUT2D eigenvalue weighted by Crippen LogP contribution is 2.35. The minimum atomic E-state index is -1.03. The molecule has 0 bridgehead atoms. The predicted molar refractivity (Wildman–Crippen MR) is 156 cm³/mol. The molecule has 7 nitrogen and oxygen atoms in total. The molecule has 2 N–H and O–H groups in total. The Hall–Kier alpha value is -4.17. The van der Waals surface area contributed by atoms with Crippen molar-refractivity contribution in [3.8, 4) is 5.75 Å². The number of nitrogens with one attached hydrogen (secondary N) is 2. The quantitative estimate of drug-likeness (QED) is 0.268. The number of methoxy groups -OCH3 is 1. The van der Waals surface area contributed by atoms with Gasteiger partial charge in [0.1, 0.15) is 11.8 Å². The maximum absolute atomic E-state index is 14.1. The summed E-state index contributed by atoms with van der Waals surface area (Å²) < 4.78 is 5.45. The molecule has 1 heterocycles. The van der Waals surface area contributed by atoms with Crippen molar-refractivity contribution < 1.29 is 19.1 Å². The molecule has 3 aromatic carbocycles. The first-order valence-electron chi connectivity index (χ1n) is 12.8. The normalized spacial score (nSPS) is 12.0. The highest BCUT2D eigenvalue weighted by atomic mass is 32.1. The van der Waals surface area contributed by atoms with Crippen molar-refractivity contribution in [3.63, 3.8) is 0 Å². The summed E-state index contributed by atoms with van der Waals surface area (Å²) in [5, 5.41) is 9.40. The molecule has 3 amide bonds. The SMILES string of the molecule is CCC(C)(C)NC(=O)[C@@H](c1cccc(OC)c1)N(C(=O)CNC(=O)c1cccs1)c1cccc2ccccc12. The van der Waals surface area contributed by atoms with Gasteiger partial charge in [-0.2, -0.15) is 0 Å². The molecule has 0 saturated heterocycles. The molecule has 1 aromatic heterocycles. The van der Waals surface area contributed by atoms with E-state index in [9.17, 15) is 14.4 Å². The van der Waals surface area contributed by atoms with Crippen molar-refractivity contribution >= 4 is 45.5 Å². The molecule has 0 radical (unpaired) electrons. The number of fused-ring (bicyclic) bond motifs is 1. The van der Waals surface area contributed by atoms with Crippen molar-refractivity contribution in [1.82, 2.24) is 10.6 Å². The molecule has 8 heteroatoms. The van der Waals surface area contributed by atoms with E-state index < -0.39 is 17.5 Å². The topological polar surface area (TPSA) is 87.7 Å². The van der Waals surface area contributed by atoms with Crippen LogP contribution in [0.5, 0.6) is 5.75 Å². The molecule has 0 aliphatic carbocycles. The Kier molecular flexibility index (Phi) is 8.66. The molecule has 0 spiro atoms. The fraction of sp³-hybridized carbons (Fsp3) is 0.258. The Morgan fingerprint density at radius 3 is 2.44 bits per heavy atom. The third-order valence-corrected chi connectivity index (χ3v) is 7.57. The average molecular weight is 544 g/mol. The molecule has 0 fully saturated rings. The Morgan fingerprint density at radius 1 is 0.974 bits per heavy atom. The average Bonchev–Trinajstić information content (AvgIpc) is 3.49. The lowest BCUT2D eigenvalue weighted by atomic mass is 9.97. The third kappa shape index (κ3) is 6.46. The zero-order valence-corrected chi connectivity index (χ0v) is 23.4. The monoisotopic (exact) mass is 543 g/mol. The minimum absolute atomic E-state index is 0.287. The van der Waals surface area contributed by atoms with Crippen LogP contribution in [0.4, 0.5) is 5.69 Å². The summed E-state index contributed by atoms with van der Waals surface area (Å²) in [6.07, 6.45) is 0.697. The van der Waals surface area contributed by atoms with Crippen LogP contribution in [0.2, 0.25) is 0 Å². The van der Waals surface area contributed by atoms with Crippen LogP contribution in [-0.4, -0.2) is 36.9 Å². The predicted octanol–water partition coefficient (Wildman–Crippen LogP) is 5.72. The fourth-order valence-electron chi connectivity index (χ4n) is 4.29. The highest BCUT2D eigenvalue weighted by Gasteiger charge is 2.36. The molecule has 39 heavy (non-hydrogen) atoms. The van der Waals surface area contributed by atoms with Gasteiger partial charge >= 0.3 is 0 Å². The van der Waals surface area contributed by atoms with E-state index in [1.165, 1.54) is 16.2 Å². The Morgan fingerprint density at radius 2 is 1.72 bits per heavy atom. The molecule has 202 valence electrons. The van der Waals surface area contributed by atoms with Crippen molar-refractivity contribution in [2.75, 3.05) is 18.6 Å². The summed E-state index contributed by atoms with van der Waals surface area (Å²) in [6.45, 7) is 5.59. The summed E-state index contributed by atoms with van der Waals surface area (Å²) in [6, 6.07) is 23.0. The lowest BCUT2D eigenvalue weighted by molar-refractivity contribution is -0.127. The van der Waals surface area contributed by atoms with Gasteiger partial charge in [0.2, 0.25) is 11.8 Å². The first-order chi connectivity index (χ1) is 18.7. The van der Waals surface area contributed by atoms with E-state index in [1.54, 1.807) is 48.9 Å². The van der Waals surface area contributed by atoms with Crippen LogP contribution in [0, 0.1) is 0 Å².